The molecule has 1 aliphatic rings. The molecule has 1 atom stereocenters. The van der Waals surface area contributed by atoms with E-state index in [1.807, 2.05) is 6.07 Å². The highest BCUT2D eigenvalue weighted by Gasteiger charge is 2.28. The van der Waals surface area contributed by atoms with Gasteiger partial charge in [0.1, 0.15) is 6.54 Å². The van der Waals surface area contributed by atoms with E-state index in [2.05, 4.69) is 15.7 Å². The van der Waals surface area contributed by atoms with Crippen molar-refractivity contribution in [3.05, 3.63) is 64.7 Å². The summed E-state index contributed by atoms with van der Waals surface area (Å²) >= 11 is 0. The van der Waals surface area contributed by atoms with Gasteiger partial charge >= 0.3 is 12.0 Å². The lowest BCUT2D eigenvalue weighted by Crippen LogP contribution is -2.41. The van der Waals surface area contributed by atoms with Gasteiger partial charge in [-0.05, 0) is 47.9 Å². The van der Waals surface area contributed by atoms with Gasteiger partial charge in [0.25, 0.3) is 5.91 Å². The van der Waals surface area contributed by atoms with Crippen molar-refractivity contribution < 1.29 is 19.5 Å². The first-order chi connectivity index (χ1) is 13.9. The number of nitrogens with zero attached hydrogens (tertiary/aromatic N) is 2. The molecule has 3 rings (SSSR count). The second-order valence-electron chi connectivity index (χ2n) is 6.62. The number of anilines is 1. The number of nitrogens with two attached hydrogens (primary N) is 1. The van der Waals surface area contributed by atoms with E-state index in [-0.39, 0.29) is 12.5 Å². The lowest BCUT2D eigenvalue weighted by atomic mass is 10.00. The normalized spacial score (nSPS) is 16.1. The Morgan fingerprint density at radius 2 is 2.03 bits per heavy atom. The van der Waals surface area contributed by atoms with Crippen molar-refractivity contribution >= 4 is 29.8 Å². The van der Waals surface area contributed by atoms with Gasteiger partial charge in [-0.15, -0.1) is 0 Å². The van der Waals surface area contributed by atoms with Crippen LogP contribution in [0.15, 0.2) is 47.6 Å². The van der Waals surface area contributed by atoms with Gasteiger partial charge in [-0.25, -0.2) is 4.79 Å². The molecule has 0 saturated carbocycles. The summed E-state index contributed by atoms with van der Waals surface area (Å²) in [5.74, 6) is 3.73. The zero-order valence-corrected chi connectivity index (χ0v) is 15.8. The monoisotopic (exact) mass is 395 g/mol. The van der Waals surface area contributed by atoms with Gasteiger partial charge in [0, 0.05) is 17.8 Å². The summed E-state index contributed by atoms with van der Waals surface area (Å²) in [6, 6.07) is 11.2. The molecule has 1 unspecified atom stereocenters. The number of carboxylic acids is 1. The predicted molar refractivity (Wildman–Crippen MR) is 108 cm³/mol. The Hall–Kier alpha value is -3.88. The zero-order chi connectivity index (χ0) is 21.0. The number of amides is 3. The first-order valence-corrected chi connectivity index (χ1v) is 8.93. The highest BCUT2D eigenvalue weighted by Crippen LogP contribution is 2.29. The van der Waals surface area contributed by atoms with Crippen molar-refractivity contribution in [3.63, 3.8) is 0 Å². The van der Waals surface area contributed by atoms with Gasteiger partial charge in [0.05, 0.1) is 12.3 Å². The Morgan fingerprint density at radius 1 is 1.31 bits per heavy atom. The fraction of sp³-hybridized carbons (Fsp3) is 0.200. The lowest BCUT2D eigenvalue weighted by molar-refractivity contribution is -0.138. The minimum Gasteiger partial charge on any atom is -0.480 e. The van der Waals surface area contributed by atoms with E-state index < -0.39 is 24.6 Å². The number of hydrogen-bond acceptors (Lipinski definition) is 5. The molecule has 2 aromatic carbocycles. The summed E-state index contributed by atoms with van der Waals surface area (Å²) < 4.78 is 0. The van der Waals surface area contributed by atoms with Gasteiger partial charge in [0.2, 0.25) is 0 Å². The number of carboxylic acid groups (broad SMARTS) is 1. The van der Waals surface area contributed by atoms with Crippen LogP contribution in [0.2, 0.25) is 0 Å². The third-order valence-electron chi connectivity index (χ3n) is 4.71. The van der Waals surface area contributed by atoms with Crippen molar-refractivity contribution in [3.8, 4) is 0 Å². The van der Waals surface area contributed by atoms with Crippen molar-refractivity contribution in [2.45, 2.75) is 19.5 Å². The Morgan fingerprint density at radius 3 is 2.69 bits per heavy atom. The number of carbonyl (C=O) groups excluding carboxylic acids is 2. The summed E-state index contributed by atoms with van der Waals surface area (Å²) in [4.78, 5) is 37.1. The van der Waals surface area contributed by atoms with Crippen LogP contribution in [-0.4, -0.2) is 40.7 Å². The number of urea groups is 1. The van der Waals surface area contributed by atoms with Gasteiger partial charge in [-0.1, -0.05) is 18.2 Å². The maximum atomic E-state index is 12.5. The topological polar surface area (TPSA) is 137 Å². The number of hydrazone groups is 1. The molecular weight excluding hydrogens is 374 g/mol. The van der Waals surface area contributed by atoms with Crippen LogP contribution >= 0.6 is 0 Å². The summed E-state index contributed by atoms with van der Waals surface area (Å²) in [6.45, 7) is 1.63. The van der Waals surface area contributed by atoms with Crippen molar-refractivity contribution in [2.24, 2.45) is 10.9 Å². The van der Waals surface area contributed by atoms with Crippen molar-refractivity contribution in [2.75, 3.05) is 11.9 Å². The Bertz CT molecular complexity index is 971. The maximum absolute atomic E-state index is 12.5. The standard InChI is InChI=1S/C20H21N5O4/c1-12-17-8-16(24-19(28)14-4-2-13(3-5-14)9-23-21)7-6-15(17)10-22-20(29)25(12)11-18(26)27/h2-9,12H,10-11,21H2,1H3,(H,22,29)(H,24,28)(H,26,27). The van der Waals surface area contributed by atoms with Crippen LogP contribution in [0.3, 0.4) is 0 Å². The van der Waals surface area contributed by atoms with Crippen LogP contribution in [-0.2, 0) is 11.3 Å². The van der Waals surface area contributed by atoms with Gasteiger partial charge < -0.3 is 26.5 Å². The molecule has 9 nitrogen and oxygen atoms in total. The van der Waals surface area contributed by atoms with Crippen LogP contribution in [0.4, 0.5) is 10.5 Å². The molecule has 0 radical (unpaired) electrons. The van der Waals surface area contributed by atoms with E-state index >= 15 is 0 Å². The largest absolute Gasteiger partial charge is 0.480 e. The number of carbonyl (C=O) groups is 3. The predicted octanol–water partition coefficient (Wildman–Crippen LogP) is 1.90. The van der Waals surface area contributed by atoms with Crippen LogP contribution in [0.1, 0.15) is 40.0 Å². The third kappa shape index (κ3) is 4.52. The highest BCUT2D eigenvalue weighted by atomic mass is 16.4. The van der Waals surface area contributed by atoms with Gasteiger partial charge in [0.15, 0.2) is 0 Å². The smallest absolute Gasteiger partial charge is 0.323 e. The van der Waals surface area contributed by atoms with E-state index in [9.17, 15) is 14.4 Å². The summed E-state index contributed by atoms with van der Waals surface area (Å²) in [7, 11) is 0. The average molecular weight is 395 g/mol. The molecule has 9 heteroatoms. The fourth-order valence-corrected chi connectivity index (χ4v) is 3.20. The minimum absolute atomic E-state index is 0.285. The number of benzene rings is 2. The Labute approximate surface area is 167 Å². The minimum atomic E-state index is -1.09. The number of aliphatic carboxylic acids is 1. The molecule has 29 heavy (non-hydrogen) atoms. The van der Waals surface area contributed by atoms with Gasteiger partial charge in [-0.3, -0.25) is 9.59 Å². The molecule has 0 aromatic heterocycles. The lowest BCUT2D eigenvalue weighted by Gasteiger charge is -2.26. The van der Waals surface area contributed by atoms with Gasteiger partial charge in [-0.2, -0.15) is 5.10 Å². The average Bonchev–Trinajstić information content (AvgIpc) is 2.81. The SMILES string of the molecule is CC1c2cc(NC(=O)c3ccc(C=NN)cc3)ccc2CNC(=O)N1CC(=O)O. The quantitative estimate of drug-likeness (QED) is 0.348. The number of fused-ring (bicyclic) bond motifs is 1. The fourth-order valence-electron chi connectivity index (χ4n) is 3.20. The van der Waals surface area contributed by atoms with Crippen LogP contribution < -0.4 is 16.5 Å². The van der Waals surface area contributed by atoms with E-state index in [0.717, 1.165) is 16.7 Å². The number of hydrogen-bond donors (Lipinski definition) is 4. The molecule has 150 valence electrons. The Balaban J connectivity index is 1.82. The number of nitrogens with one attached hydrogen (secondary N) is 2. The molecule has 0 aliphatic carbocycles. The molecule has 5 N–H and O–H groups in total. The maximum Gasteiger partial charge on any atom is 0.323 e. The molecule has 0 fully saturated rings. The summed E-state index contributed by atoms with van der Waals surface area (Å²) in [5.41, 5.74) is 3.43. The van der Waals surface area contributed by atoms with E-state index in [1.54, 1.807) is 43.3 Å². The van der Waals surface area contributed by atoms with Crippen LogP contribution in [0, 0.1) is 0 Å². The van der Waals surface area contributed by atoms with Crippen LogP contribution in [0.5, 0.6) is 0 Å². The number of rotatable bonds is 5. The first kappa shape index (κ1) is 19.9. The third-order valence-corrected chi connectivity index (χ3v) is 4.71. The molecule has 2 aromatic rings. The molecule has 0 bridgehead atoms. The van der Waals surface area contributed by atoms with Crippen molar-refractivity contribution in [1.82, 2.24) is 10.2 Å². The first-order valence-electron chi connectivity index (χ1n) is 8.93. The molecule has 1 heterocycles. The molecule has 3 amide bonds. The summed E-state index contributed by atoms with van der Waals surface area (Å²) in [6.07, 6.45) is 1.48. The van der Waals surface area contributed by atoms with Crippen LogP contribution in [0.25, 0.3) is 0 Å². The van der Waals surface area contributed by atoms with E-state index in [0.29, 0.717) is 11.3 Å². The highest BCUT2D eigenvalue weighted by molar-refractivity contribution is 6.04. The molecule has 0 spiro atoms. The molecule has 0 saturated heterocycles. The summed E-state index contributed by atoms with van der Waals surface area (Å²) in [5, 5.41) is 18.1. The molecule has 1 aliphatic heterocycles. The Kier molecular flexibility index (Phi) is 5.77. The van der Waals surface area contributed by atoms with Crippen molar-refractivity contribution in [1.29, 1.82) is 0 Å². The van der Waals surface area contributed by atoms with E-state index in [1.165, 1.54) is 11.1 Å². The molecular formula is C20H21N5O4. The second kappa shape index (κ2) is 8.42. The second-order valence-corrected chi connectivity index (χ2v) is 6.62. The zero-order valence-electron chi connectivity index (χ0n) is 15.8. The van der Waals surface area contributed by atoms with E-state index in [4.69, 9.17) is 10.9 Å².